The molecule has 1 fully saturated rings. The molecule has 7 heteroatoms. The number of anilines is 1. The van der Waals surface area contributed by atoms with Crippen LogP contribution < -0.4 is 10.6 Å². The molecule has 0 bridgehead atoms. The van der Waals surface area contributed by atoms with E-state index < -0.39 is 0 Å². The van der Waals surface area contributed by atoms with Gasteiger partial charge in [0, 0.05) is 29.7 Å². The molecule has 1 amide bonds. The topological polar surface area (TPSA) is 87.1 Å². The highest BCUT2D eigenvalue weighted by Gasteiger charge is 2.20. The van der Waals surface area contributed by atoms with Crippen LogP contribution in [0.4, 0.5) is 10.3 Å². The van der Waals surface area contributed by atoms with E-state index in [1.807, 2.05) is 6.07 Å². The molecule has 0 unspecified atom stereocenters. The molecule has 0 spiro atoms. The van der Waals surface area contributed by atoms with Gasteiger partial charge < -0.3 is 15.7 Å². The van der Waals surface area contributed by atoms with E-state index in [-0.39, 0.29) is 23.9 Å². The van der Waals surface area contributed by atoms with E-state index in [0.29, 0.717) is 23.6 Å². The molecule has 0 atom stereocenters. The summed E-state index contributed by atoms with van der Waals surface area (Å²) in [5, 5.41) is 16.7. The van der Waals surface area contributed by atoms with Gasteiger partial charge in [0.2, 0.25) is 5.95 Å². The van der Waals surface area contributed by atoms with Crippen LogP contribution in [0.3, 0.4) is 0 Å². The second-order valence-electron chi connectivity index (χ2n) is 7.43. The molecule has 2 aromatic carbocycles. The van der Waals surface area contributed by atoms with Gasteiger partial charge in [-0.3, -0.25) is 4.79 Å². The molecule has 3 N–H and O–H groups in total. The van der Waals surface area contributed by atoms with Crippen LogP contribution in [-0.2, 0) is 6.54 Å². The van der Waals surface area contributed by atoms with Crippen LogP contribution in [0.2, 0.25) is 0 Å². The van der Waals surface area contributed by atoms with Crippen molar-refractivity contribution in [3.05, 3.63) is 65.6 Å². The highest BCUT2D eigenvalue weighted by Crippen LogP contribution is 2.22. The monoisotopic (exact) mass is 394 g/mol. The summed E-state index contributed by atoms with van der Waals surface area (Å²) >= 11 is 0. The molecule has 0 radical (unpaired) electrons. The molecule has 1 aromatic heterocycles. The zero-order valence-corrected chi connectivity index (χ0v) is 15.9. The van der Waals surface area contributed by atoms with Crippen molar-refractivity contribution in [2.24, 2.45) is 0 Å². The summed E-state index contributed by atoms with van der Waals surface area (Å²) in [5.74, 6) is 0.0106. The van der Waals surface area contributed by atoms with Crippen molar-refractivity contribution < 1.29 is 14.3 Å². The summed E-state index contributed by atoms with van der Waals surface area (Å²) in [7, 11) is 0. The van der Waals surface area contributed by atoms with Crippen LogP contribution in [0.25, 0.3) is 10.9 Å². The SMILES string of the molecule is O=C(NCc1ccc(F)cc1)c1ccc2cnc(N[C@H]3CC[C@H](O)CC3)nc2c1. The summed E-state index contributed by atoms with van der Waals surface area (Å²) in [6, 6.07) is 11.6. The fourth-order valence-corrected chi connectivity index (χ4v) is 3.52. The fraction of sp³-hybridized carbons (Fsp3) is 0.318. The van der Waals surface area contributed by atoms with E-state index in [9.17, 15) is 14.3 Å². The lowest BCUT2D eigenvalue weighted by atomic mass is 9.93. The molecule has 6 nitrogen and oxygen atoms in total. The molecule has 3 aromatic rings. The number of halogens is 1. The molecule has 29 heavy (non-hydrogen) atoms. The van der Waals surface area contributed by atoms with Gasteiger partial charge in [0.15, 0.2) is 0 Å². The van der Waals surface area contributed by atoms with Crippen molar-refractivity contribution in [3.63, 3.8) is 0 Å². The third-order valence-electron chi connectivity index (χ3n) is 5.24. The number of fused-ring (bicyclic) bond motifs is 1. The van der Waals surface area contributed by atoms with Gasteiger partial charge >= 0.3 is 0 Å². The molecule has 1 aliphatic rings. The smallest absolute Gasteiger partial charge is 0.251 e. The number of carbonyl (C=O) groups is 1. The first-order chi connectivity index (χ1) is 14.1. The third kappa shape index (κ3) is 4.86. The fourth-order valence-electron chi connectivity index (χ4n) is 3.52. The van der Waals surface area contributed by atoms with E-state index >= 15 is 0 Å². The lowest BCUT2D eigenvalue weighted by Gasteiger charge is -2.26. The van der Waals surface area contributed by atoms with Crippen LogP contribution in [0.15, 0.2) is 48.7 Å². The maximum Gasteiger partial charge on any atom is 0.251 e. The first-order valence-electron chi connectivity index (χ1n) is 9.81. The minimum absolute atomic E-state index is 0.207. The van der Waals surface area contributed by atoms with Crippen molar-refractivity contribution in [2.75, 3.05) is 5.32 Å². The van der Waals surface area contributed by atoms with Crippen molar-refractivity contribution in [1.29, 1.82) is 0 Å². The number of nitrogens with zero attached hydrogens (tertiary/aromatic N) is 2. The van der Waals surface area contributed by atoms with E-state index in [4.69, 9.17) is 0 Å². The zero-order chi connectivity index (χ0) is 20.2. The van der Waals surface area contributed by atoms with Crippen LogP contribution in [0, 0.1) is 5.82 Å². The number of hydrogen-bond acceptors (Lipinski definition) is 5. The van der Waals surface area contributed by atoms with Gasteiger partial charge in [-0.05, 0) is 55.5 Å². The normalized spacial score (nSPS) is 19.1. The number of nitrogens with one attached hydrogen (secondary N) is 2. The molecule has 150 valence electrons. The van der Waals surface area contributed by atoms with Crippen LogP contribution >= 0.6 is 0 Å². The number of aliphatic hydroxyl groups excluding tert-OH is 1. The summed E-state index contributed by atoms with van der Waals surface area (Å²) < 4.78 is 13.0. The first-order valence-corrected chi connectivity index (χ1v) is 9.81. The number of amides is 1. The Kier molecular flexibility index (Phi) is 5.67. The molecule has 1 saturated carbocycles. The highest BCUT2D eigenvalue weighted by atomic mass is 19.1. The van der Waals surface area contributed by atoms with Gasteiger partial charge in [-0.1, -0.05) is 18.2 Å². The average Bonchev–Trinajstić information content (AvgIpc) is 2.74. The van der Waals surface area contributed by atoms with Crippen LogP contribution in [-0.4, -0.2) is 33.1 Å². The molecular weight excluding hydrogens is 371 g/mol. The molecular formula is C22H23FN4O2. The summed E-state index contributed by atoms with van der Waals surface area (Å²) in [5.41, 5.74) is 2.02. The van der Waals surface area contributed by atoms with E-state index in [0.717, 1.165) is 36.6 Å². The second kappa shape index (κ2) is 8.53. The molecule has 0 saturated heterocycles. The number of carbonyl (C=O) groups excluding carboxylic acids is 1. The van der Waals surface area contributed by atoms with Gasteiger partial charge in [0.1, 0.15) is 5.82 Å². The summed E-state index contributed by atoms with van der Waals surface area (Å²) in [6.07, 6.45) is 4.86. The van der Waals surface area contributed by atoms with Crippen molar-refractivity contribution in [2.45, 2.75) is 44.4 Å². The average molecular weight is 394 g/mol. The first kappa shape index (κ1) is 19.3. The maximum absolute atomic E-state index is 13.0. The predicted molar refractivity (Wildman–Crippen MR) is 109 cm³/mol. The number of aliphatic hydroxyl groups is 1. The standard InChI is InChI=1S/C22H23FN4O2/c23-17-5-1-14(2-6-17)12-24-21(29)15-3-4-16-13-25-22(27-20(16)11-15)26-18-7-9-19(28)10-8-18/h1-6,11,13,18-19,28H,7-10,12H2,(H,24,29)(H,25,26,27)/t18-,19-. The van der Waals surface area contributed by atoms with Crippen molar-refractivity contribution in [1.82, 2.24) is 15.3 Å². The Hall–Kier alpha value is -3.06. The van der Waals surface area contributed by atoms with Gasteiger partial charge in [-0.25, -0.2) is 14.4 Å². The van der Waals surface area contributed by atoms with Gasteiger partial charge in [0.05, 0.1) is 11.6 Å². The molecule has 1 aliphatic carbocycles. The van der Waals surface area contributed by atoms with Crippen molar-refractivity contribution >= 4 is 22.8 Å². The van der Waals surface area contributed by atoms with Gasteiger partial charge in [0.25, 0.3) is 5.91 Å². The lowest BCUT2D eigenvalue weighted by Crippen LogP contribution is -2.28. The number of hydrogen-bond donors (Lipinski definition) is 3. The van der Waals surface area contributed by atoms with E-state index in [2.05, 4.69) is 20.6 Å². The quantitative estimate of drug-likeness (QED) is 0.617. The number of aromatic nitrogens is 2. The van der Waals surface area contributed by atoms with Gasteiger partial charge in [-0.15, -0.1) is 0 Å². The van der Waals surface area contributed by atoms with Crippen LogP contribution in [0.1, 0.15) is 41.6 Å². The van der Waals surface area contributed by atoms with E-state index in [1.165, 1.54) is 12.1 Å². The highest BCUT2D eigenvalue weighted by molar-refractivity contribution is 5.97. The number of rotatable bonds is 5. The summed E-state index contributed by atoms with van der Waals surface area (Å²) in [6.45, 7) is 0.321. The summed E-state index contributed by atoms with van der Waals surface area (Å²) in [4.78, 5) is 21.4. The Bertz CT molecular complexity index is 1000. The number of benzene rings is 2. The predicted octanol–water partition coefficient (Wildman–Crippen LogP) is 3.41. The zero-order valence-electron chi connectivity index (χ0n) is 15.9. The Morgan fingerprint density at radius 3 is 2.62 bits per heavy atom. The van der Waals surface area contributed by atoms with Crippen LogP contribution in [0.5, 0.6) is 0 Å². The third-order valence-corrected chi connectivity index (χ3v) is 5.24. The largest absolute Gasteiger partial charge is 0.393 e. The molecule has 0 aliphatic heterocycles. The Morgan fingerprint density at radius 1 is 1.10 bits per heavy atom. The molecule has 1 heterocycles. The molecule has 4 rings (SSSR count). The minimum Gasteiger partial charge on any atom is -0.393 e. The Labute approximate surface area is 168 Å². The lowest BCUT2D eigenvalue weighted by molar-refractivity contribution is 0.0951. The Morgan fingerprint density at radius 2 is 1.86 bits per heavy atom. The second-order valence-corrected chi connectivity index (χ2v) is 7.43. The maximum atomic E-state index is 13.0. The van der Waals surface area contributed by atoms with Gasteiger partial charge in [-0.2, -0.15) is 0 Å². The Balaban J connectivity index is 1.44. The van der Waals surface area contributed by atoms with Crippen molar-refractivity contribution in [3.8, 4) is 0 Å². The van der Waals surface area contributed by atoms with E-state index in [1.54, 1.807) is 30.5 Å². The minimum atomic E-state index is -0.303.